The number of amides is 3. The van der Waals surface area contributed by atoms with Gasteiger partial charge in [-0.15, -0.1) is 11.3 Å². The Hall–Kier alpha value is -2.74. The van der Waals surface area contributed by atoms with Crippen LogP contribution < -0.4 is 5.32 Å². The monoisotopic (exact) mass is 723 g/mol. The zero-order chi connectivity index (χ0) is 34.5. The molecule has 1 aliphatic heterocycles. The van der Waals surface area contributed by atoms with E-state index in [0.29, 0.717) is 19.6 Å². The van der Waals surface area contributed by atoms with Crippen LogP contribution in [0.5, 0.6) is 0 Å². The fourth-order valence-corrected chi connectivity index (χ4v) is 8.70. The predicted molar refractivity (Wildman–Crippen MR) is 186 cm³/mol. The van der Waals surface area contributed by atoms with Crippen LogP contribution >= 0.6 is 34.5 Å². The fraction of sp³-hybridized carbons (Fsp3) is 0.485. The zero-order valence-electron chi connectivity index (χ0n) is 27.3. The van der Waals surface area contributed by atoms with E-state index in [9.17, 15) is 23.1 Å². The van der Waals surface area contributed by atoms with Crippen molar-refractivity contribution in [1.29, 1.82) is 0 Å². The van der Waals surface area contributed by atoms with Crippen LogP contribution in [-0.2, 0) is 27.8 Å². The Morgan fingerprint density at radius 3 is 2.38 bits per heavy atom. The maximum absolute atomic E-state index is 14.0. The van der Waals surface area contributed by atoms with Gasteiger partial charge in [0.1, 0.15) is 10.9 Å². The van der Waals surface area contributed by atoms with Gasteiger partial charge in [0.25, 0.3) is 0 Å². The molecule has 10 nitrogen and oxygen atoms in total. The van der Waals surface area contributed by atoms with Crippen LogP contribution in [0.25, 0.3) is 0 Å². The van der Waals surface area contributed by atoms with Gasteiger partial charge in [0.15, 0.2) is 0 Å². The van der Waals surface area contributed by atoms with E-state index in [-0.39, 0.29) is 52.3 Å². The molecule has 0 aliphatic carbocycles. The summed E-state index contributed by atoms with van der Waals surface area (Å²) < 4.78 is 29.0. The topological polar surface area (TPSA) is 123 Å². The average molecular weight is 725 g/mol. The second-order valence-corrected chi connectivity index (χ2v) is 16.3. The highest BCUT2D eigenvalue weighted by Crippen LogP contribution is 2.31. The third-order valence-corrected chi connectivity index (χ3v) is 11.6. The van der Waals surface area contributed by atoms with Crippen LogP contribution in [0.1, 0.15) is 44.0 Å². The van der Waals surface area contributed by atoms with E-state index < -0.39 is 34.1 Å². The van der Waals surface area contributed by atoms with E-state index in [1.807, 2.05) is 70.3 Å². The lowest BCUT2D eigenvalue weighted by atomic mass is 9.97. The molecule has 3 atom stereocenters. The van der Waals surface area contributed by atoms with E-state index in [4.69, 9.17) is 23.2 Å². The lowest BCUT2D eigenvalue weighted by Crippen LogP contribution is -2.57. The first-order valence-electron chi connectivity index (χ1n) is 15.6. The number of carbonyl (C=O) groups excluding carboxylic acids is 2. The molecular weight excluding hydrogens is 681 g/mol. The molecule has 47 heavy (non-hydrogen) atoms. The molecule has 0 spiro atoms. The number of hydrogen-bond donors (Lipinski definition) is 2. The van der Waals surface area contributed by atoms with Crippen LogP contribution in [0.4, 0.5) is 4.79 Å². The lowest BCUT2D eigenvalue weighted by molar-refractivity contribution is -0.128. The summed E-state index contributed by atoms with van der Waals surface area (Å²) in [5.74, 6) is -0.742. The first kappa shape index (κ1) is 37.1. The van der Waals surface area contributed by atoms with Crippen molar-refractivity contribution in [2.45, 2.75) is 70.7 Å². The maximum Gasteiger partial charge on any atom is 0.321 e. The molecule has 256 valence electrons. The Labute approximate surface area is 291 Å². The third kappa shape index (κ3) is 9.24. The molecule has 3 aromatic rings. The van der Waals surface area contributed by atoms with Crippen molar-refractivity contribution in [2.24, 2.45) is 11.8 Å². The Morgan fingerprint density at radius 2 is 1.77 bits per heavy atom. The SMILES string of the molecule is Cc1nc(CN2CCN(C(C(=O)N[C@@H](Cc3ccccc3)[C@H](O)CN(CC(C)C)S(=O)(=O)c3cccc(Cl)c3Cl)C(C)C)C2=O)cs1. The zero-order valence-corrected chi connectivity index (χ0v) is 30.4. The van der Waals surface area contributed by atoms with Crippen LogP contribution in [0, 0.1) is 18.8 Å². The van der Waals surface area contributed by atoms with Crippen LogP contribution in [0.3, 0.4) is 0 Å². The van der Waals surface area contributed by atoms with Gasteiger partial charge in [-0.25, -0.2) is 18.2 Å². The summed E-state index contributed by atoms with van der Waals surface area (Å²) in [6, 6.07) is 11.8. The van der Waals surface area contributed by atoms with Gasteiger partial charge in [0.05, 0.1) is 39.4 Å². The number of hydrogen-bond acceptors (Lipinski definition) is 7. The number of aromatic nitrogens is 1. The molecular formula is C33H43Cl2N5O5S2. The van der Waals surface area contributed by atoms with Crippen LogP contribution in [-0.4, -0.2) is 88.9 Å². The quantitative estimate of drug-likeness (QED) is 0.215. The minimum absolute atomic E-state index is 0.0836. The molecule has 2 heterocycles. The highest BCUT2D eigenvalue weighted by Gasteiger charge is 2.41. The van der Waals surface area contributed by atoms with Gasteiger partial charge in [0.2, 0.25) is 15.9 Å². The molecule has 1 unspecified atom stereocenters. The fourth-order valence-electron chi connectivity index (χ4n) is 5.74. The van der Waals surface area contributed by atoms with Crippen LogP contribution in [0.2, 0.25) is 10.0 Å². The molecule has 0 bridgehead atoms. The number of halogens is 2. The van der Waals surface area contributed by atoms with Crippen molar-refractivity contribution >= 4 is 56.5 Å². The lowest BCUT2D eigenvalue weighted by Gasteiger charge is -2.34. The number of aliphatic hydroxyl groups is 1. The Morgan fingerprint density at radius 1 is 1.06 bits per heavy atom. The van der Waals surface area contributed by atoms with Gasteiger partial charge in [-0.1, -0.05) is 87.3 Å². The van der Waals surface area contributed by atoms with Gasteiger partial charge in [-0.3, -0.25) is 4.79 Å². The maximum atomic E-state index is 14.0. The van der Waals surface area contributed by atoms with Crippen molar-refractivity contribution in [3.63, 3.8) is 0 Å². The van der Waals surface area contributed by atoms with Crippen molar-refractivity contribution in [3.8, 4) is 0 Å². The number of rotatable bonds is 15. The van der Waals surface area contributed by atoms with Crippen molar-refractivity contribution in [1.82, 2.24) is 24.4 Å². The van der Waals surface area contributed by atoms with Gasteiger partial charge >= 0.3 is 6.03 Å². The van der Waals surface area contributed by atoms with Crippen LogP contribution in [0.15, 0.2) is 58.8 Å². The molecule has 4 rings (SSSR count). The van der Waals surface area contributed by atoms with E-state index in [1.165, 1.54) is 33.8 Å². The Kier molecular flexibility index (Phi) is 12.7. The average Bonchev–Trinajstić information content (AvgIpc) is 3.58. The molecule has 1 aromatic heterocycles. The summed E-state index contributed by atoms with van der Waals surface area (Å²) in [7, 11) is -4.18. The molecule has 2 N–H and O–H groups in total. The summed E-state index contributed by atoms with van der Waals surface area (Å²) in [6.45, 7) is 10.4. The number of urea groups is 1. The van der Waals surface area contributed by atoms with E-state index in [1.54, 1.807) is 9.80 Å². The van der Waals surface area contributed by atoms with Gasteiger partial charge in [-0.05, 0) is 42.9 Å². The number of nitrogens with one attached hydrogen (secondary N) is 1. The largest absolute Gasteiger partial charge is 0.390 e. The van der Waals surface area contributed by atoms with Crippen molar-refractivity contribution in [2.75, 3.05) is 26.2 Å². The second-order valence-electron chi connectivity index (χ2n) is 12.6. The summed E-state index contributed by atoms with van der Waals surface area (Å²) in [5, 5.41) is 17.6. The van der Waals surface area contributed by atoms with Crippen molar-refractivity contribution in [3.05, 3.63) is 80.2 Å². The molecule has 14 heteroatoms. The number of thiazole rings is 1. The predicted octanol–water partition coefficient (Wildman–Crippen LogP) is 5.46. The molecule has 1 aliphatic rings. The Bertz CT molecular complexity index is 1640. The first-order valence-corrected chi connectivity index (χ1v) is 18.7. The number of sulfonamides is 1. The number of aryl methyl sites for hydroxylation is 1. The second kappa shape index (κ2) is 16.1. The minimum atomic E-state index is -4.18. The van der Waals surface area contributed by atoms with Gasteiger partial charge < -0.3 is 20.2 Å². The number of aliphatic hydroxyl groups excluding tert-OH is 1. The molecule has 1 saturated heterocycles. The van der Waals surface area contributed by atoms with E-state index in [2.05, 4.69) is 10.3 Å². The number of nitrogens with zero attached hydrogens (tertiary/aromatic N) is 4. The summed E-state index contributed by atoms with van der Waals surface area (Å²) in [5.41, 5.74) is 1.65. The minimum Gasteiger partial charge on any atom is -0.390 e. The molecule has 3 amide bonds. The molecule has 0 saturated carbocycles. The molecule has 1 fully saturated rings. The summed E-state index contributed by atoms with van der Waals surface area (Å²) in [6.07, 6.45) is -1.08. The smallest absolute Gasteiger partial charge is 0.321 e. The number of benzene rings is 2. The normalized spacial score (nSPS) is 15.9. The number of carbonyl (C=O) groups is 2. The standard InChI is InChI=1S/C33H43Cl2N5O5S2/c1-21(2)17-39(47(44,45)29-13-9-12-26(34)30(29)35)19-28(41)27(16-24-10-7-6-8-11-24)37-32(42)31(22(3)4)40-15-14-38(33(40)43)18-25-20-46-23(5)36-25/h6-13,20-22,27-28,31,41H,14-19H2,1-5H3,(H,37,42)/t27-,28+,31?/m0/s1. The highest BCUT2D eigenvalue weighted by molar-refractivity contribution is 7.89. The first-order chi connectivity index (χ1) is 22.2. The molecule has 0 radical (unpaired) electrons. The molecule has 2 aromatic carbocycles. The van der Waals surface area contributed by atoms with Gasteiger partial charge in [-0.2, -0.15) is 4.31 Å². The highest BCUT2D eigenvalue weighted by atomic mass is 35.5. The third-order valence-electron chi connectivity index (χ3n) is 7.97. The summed E-state index contributed by atoms with van der Waals surface area (Å²) in [4.78, 5) is 35.1. The van der Waals surface area contributed by atoms with Gasteiger partial charge in [0, 0.05) is 31.6 Å². The van der Waals surface area contributed by atoms with E-state index >= 15 is 0 Å². The Balaban J connectivity index is 1.59. The summed E-state index contributed by atoms with van der Waals surface area (Å²) >= 11 is 14.0. The van der Waals surface area contributed by atoms with Crippen molar-refractivity contribution < 1.29 is 23.1 Å². The van der Waals surface area contributed by atoms with E-state index in [0.717, 1.165) is 16.3 Å².